The van der Waals surface area contributed by atoms with Gasteiger partial charge >= 0.3 is 5.97 Å². The van der Waals surface area contributed by atoms with Crippen LogP contribution in [0.5, 0.6) is 0 Å². The number of anilines is 1. The number of hydrogen-bond donors (Lipinski definition) is 2. The van der Waals surface area contributed by atoms with Crippen LogP contribution in [0.4, 0.5) is 5.69 Å². The summed E-state index contributed by atoms with van der Waals surface area (Å²) >= 11 is 0. The smallest absolute Gasteiger partial charge is 0.310 e. The molecular formula is C23H26N2O4. The first-order valence-corrected chi connectivity index (χ1v) is 9.56. The standard InChI is InChI=1S/C23H26N2O4/c1-14-16(3)25(10-11-29-4)21-9-8-18(13-20(14)21)22(26)24-19-7-5-6-17(12-19)15(2)23(27)28/h5-9,12-13,15H,10-11H2,1-4H3,(H,24,26)(H,27,28). The van der Waals surface area contributed by atoms with Crippen LogP contribution in [0.2, 0.25) is 0 Å². The predicted octanol–water partition coefficient (Wildman–Crippen LogP) is 4.34. The van der Waals surface area contributed by atoms with Crippen LogP contribution in [0.3, 0.4) is 0 Å². The van der Waals surface area contributed by atoms with E-state index in [1.165, 1.54) is 0 Å². The van der Waals surface area contributed by atoms with Gasteiger partial charge in [0.05, 0.1) is 12.5 Å². The highest BCUT2D eigenvalue weighted by atomic mass is 16.5. The average molecular weight is 394 g/mol. The molecule has 1 aromatic heterocycles. The fourth-order valence-electron chi connectivity index (χ4n) is 3.49. The molecule has 1 heterocycles. The van der Waals surface area contributed by atoms with Crippen LogP contribution in [0.15, 0.2) is 42.5 Å². The van der Waals surface area contributed by atoms with Gasteiger partial charge in [-0.25, -0.2) is 0 Å². The molecule has 0 saturated heterocycles. The molecule has 3 rings (SSSR count). The van der Waals surface area contributed by atoms with Gasteiger partial charge in [-0.05, 0) is 62.2 Å². The predicted molar refractivity (Wildman–Crippen MR) is 114 cm³/mol. The number of nitrogens with one attached hydrogen (secondary N) is 1. The van der Waals surface area contributed by atoms with E-state index >= 15 is 0 Å². The summed E-state index contributed by atoms with van der Waals surface area (Å²) in [6.07, 6.45) is 0. The molecule has 0 spiro atoms. The van der Waals surface area contributed by atoms with Crippen molar-refractivity contribution in [2.24, 2.45) is 0 Å². The monoisotopic (exact) mass is 394 g/mol. The number of aromatic nitrogens is 1. The second kappa shape index (κ2) is 8.49. The van der Waals surface area contributed by atoms with E-state index in [0.717, 1.165) is 28.7 Å². The maximum atomic E-state index is 12.8. The number of methoxy groups -OCH3 is 1. The van der Waals surface area contributed by atoms with Gasteiger partial charge < -0.3 is 19.7 Å². The molecule has 0 saturated carbocycles. The first-order chi connectivity index (χ1) is 13.8. The van der Waals surface area contributed by atoms with Gasteiger partial charge in [0, 0.05) is 41.5 Å². The number of carboxylic acid groups (broad SMARTS) is 1. The summed E-state index contributed by atoms with van der Waals surface area (Å²) in [6, 6.07) is 12.6. The Bertz CT molecular complexity index is 1070. The molecule has 1 unspecified atom stereocenters. The van der Waals surface area contributed by atoms with Gasteiger partial charge in [-0.15, -0.1) is 0 Å². The Balaban J connectivity index is 1.87. The van der Waals surface area contributed by atoms with E-state index in [9.17, 15) is 14.7 Å². The molecular weight excluding hydrogens is 368 g/mol. The Morgan fingerprint density at radius 1 is 1.17 bits per heavy atom. The number of fused-ring (bicyclic) bond motifs is 1. The molecule has 0 aliphatic heterocycles. The SMILES string of the molecule is COCCn1c(C)c(C)c2cc(C(=O)Nc3cccc(C(C)C(=O)O)c3)ccc21. The number of carbonyl (C=O) groups is 2. The minimum Gasteiger partial charge on any atom is -0.481 e. The number of aryl methyl sites for hydroxylation is 1. The summed E-state index contributed by atoms with van der Waals surface area (Å²) in [4.78, 5) is 24.0. The first kappa shape index (κ1) is 20.6. The van der Waals surface area contributed by atoms with E-state index in [2.05, 4.69) is 23.7 Å². The highest BCUT2D eigenvalue weighted by Crippen LogP contribution is 2.27. The van der Waals surface area contributed by atoms with E-state index in [-0.39, 0.29) is 5.91 Å². The van der Waals surface area contributed by atoms with E-state index < -0.39 is 11.9 Å². The van der Waals surface area contributed by atoms with Gasteiger partial charge in [-0.2, -0.15) is 0 Å². The van der Waals surface area contributed by atoms with Crippen LogP contribution in [-0.4, -0.2) is 35.3 Å². The van der Waals surface area contributed by atoms with Gasteiger partial charge in [-0.3, -0.25) is 9.59 Å². The molecule has 6 heteroatoms. The van der Waals surface area contributed by atoms with Crippen molar-refractivity contribution < 1.29 is 19.4 Å². The number of rotatable bonds is 7. The summed E-state index contributed by atoms with van der Waals surface area (Å²) < 4.78 is 7.41. The van der Waals surface area contributed by atoms with Crippen LogP contribution in [-0.2, 0) is 16.1 Å². The van der Waals surface area contributed by atoms with Crippen molar-refractivity contribution in [1.82, 2.24) is 4.57 Å². The minimum atomic E-state index is -0.900. The van der Waals surface area contributed by atoms with Crippen LogP contribution < -0.4 is 5.32 Å². The Morgan fingerprint density at radius 3 is 2.62 bits per heavy atom. The largest absolute Gasteiger partial charge is 0.481 e. The zero-order chi connectivity index (χ0) is 21.1. The second-order valence-corrected chi connectivity index (χ2v) is 7.23. The minimum absolute atomic E-state index is 0.228. The summed E-state index contributed by atoms with van der Waals surface area (Å²) in [7, 11) is 1.68. The number of benzene rings is 2. The summed E-state index contributed by atoms with van der Waals surface area (Å²) in [5, 5.41) is 13.1. The number of ether oxygens (including phenoxy) is 1. The van der Waals surface area contributed by atoms with E-state index in [0.29, 0.717) is 23.4 Å². The van der Waals surface area contributed by atoms with Crippen LogP contribution in [0.25, 0.3) is 10.9 Å². The fraction of sp³-hybridized carbons (Fsp3) is 0.304. The molecule has 0 aliphatic rings. The topological polar surface area (TPSA) is 80.6 Å². The molecule has 2 aromatic carbocycles. The van der Waals surface area contributed by atoms with Crippen molar-refractivity contribution in [3.05, 3.63) is 64.8 Å². The van der Waals surface area contributed by atoms with Gasteiger partial charge in [0.2, 0.25) is 0 Å². The molecule has 0 fully saturated rings. The Morgan fingerprint density at radius 2 is 1.93 bits per heavy atom. The molecule has 3 aromatic rings. The molecule has 1 atom stereocenters. The summed E-state index contributed by atoms with van der Waals surface area (Å²) in [5.74, 6) is -1.77. The highest BCUT2D eigenvalue weighted by Gasteiger charge is 2.16. The Hall–Kier alpha value is -3.12. The zero-order valence-electron chi connectivity index (χ0n) is 17.2. The first-order valence-electron chi connectivity index (χ1n) is 9.56. The van der Waals surface area contributed by atoms with E-state index in [1.807, 2.05) is 18.2 Å². The molecule has 29 heavy (non-hydrogen) atoms. The number of amides is 1. The Labute approximate surface area is 170 Å². The zero-order valence-corrected chi connectivity index (χ0v) is 17.2. The molecule has 0 bridgehead atoms. The lowest BCUT2D eigenvalue weighted by Crippen LogP contribution is -2.13. The van der Waals surface area contributed by atoms with E-state index in [1.54, 1.807) is 38.3 Å². The Kier molecular flexibility index (Phi) is 6.03. The summed E-state index contributed by atoms with van der Waals surface area (Å²) in [5.41, 5.74) is 5.15. The lowest BCUT2D eigenvalue weighted by atomic mass is 10.0. The van der Waals surface area contributed by atoms with Crippen molar-refractivity contribution in [3.63, 3.8) is 0 Å². The molecule has 1 amide bonds. The van der Waals surface area contributed by atoms with Crippen LogP contribution in [0.1, 0.15) is 40.0 Å². The number of carboxylic acids is 1. The third kappa shape index (κ3) is 4.17. The maximum Gasteiger partial charge on any atom is 0.310 e. The van der Waals surface area contributed by atoms with E-state index in [4.69, 9.17) is 4.74 Å². The van der Waals surface area contributed by atoms with Crippen LogP contribution in [0, 0.1) is 13.8 Å². The third-order valence-corrected chi connectivity index (χ3v) is 5.44. The number of nitrogens with zero attached hydrogens (tertiary/aromatic N) is 1. The highest BCUT2D eigenvalue weighted by molar-refractivity contribution is 6.06. The molecule has 152 valence electrons. The average Bonchev–Trinajstić information content (AvgIpc) is 2.95. The third-order valence-electron chi connectivity index (χ3n) is 5.44. The van der Waals surface area contributed by atoms with Gasteiger partial charge in [-0.1, -0.05) is 12.1 Å². The number of hydrogen-bond acceptors (Lipinski definition) is 3. The fourth-order valence-corrected chi connectivity index (χ4v) is 3.49. The lowest BCUT2D eigenvalue weighted by Gasteiger charge is -2.11. The van der Waals surface area contributed by atoms with Gasteiger partial charge in [0.15, 0.2) is 0 Å². The number of carbonyl (C=O) groups excluding carboxylic acids is 1. The molecule has 0 radical (unpaired) electrons. The molecule has 2 N–H and O–H groups in total. The maximum absolute atomic E-state index is 12.8. The van der Waals surface area contributed by atoms with Gasteiger partial charge in [0.25, 0.3) is 5.91 Å². The normalized spacial score (nSPS) is 12.1. The van der Waals surface area contributed by atoms with Crippen molar-refractivity contribution >= 4 is 28.5 Å². The lowest BCUT2D eigenvalue weighted by molar-refractivity contribution is -0.138. The molecule has 0 aliphatic carbocycles. The molecule has 6 nitrogen and oxygen atoms in total. The van der Waals surface area contributed by atoms with Gasteiger partial charge in [0.1, 0.15) is 0 Å². The second-order valence-electron chi connectivity index (χ2n) is 7.23. The summed E-state index contributed by atoms with van der Waals surface area (Å²) in [6.45, 7) is 7.12. The van der Waals surface area contributed by atoms with Crippen molar-refractivity contribution in [2.75, 3.05) is 19.0 Å². The van der Waals surface area contributed by atoms with Crippen molar-refractivity contribution in [1.29, 1.82) is 0 Å². The quantitative estimate of drug-likeness (QED) is 0.624. The van der Waals surface area contributed by atoms with Crippen LogP contribution >= 0.6 is 0 Å². The van der Waals surface area contributed by atoms with Crippen molar-refractivity contribution in [2.45, 2.75) is 33.2 Å². The number of aliphatic carboxylic acids is 1. The van der Waals surface area contributed by atoms with Crippen molar-refractivity contribution in [3.8, 4) is 0 Å².